The van der Waals surface area contributed by atoms with Crippen molar-refractivity contribution in [3.8, 4) is 0 Å². The molecule has 14 heavy (non-hydrogen) atoms. The van der Waals surface area contributed by atoms with Crippen LogP contribution in [0.25, 0.3) is 0 Å². The SMILES string of the molecule is CCNCC(C)N1CCCC(C)C1C. The van der Waals surface area contributed by atoms with Crippen molar-refractivity contribution in [2.24, 2.45) is 5.92 Å². The van der Waals surface area contributed by atoms with Crippen LogP contribution in [0, 0.1) is 5.92 Å². The molecule has 0 aliphatic carbocycles. The molecule has 3 unspecified atom stereocenters. The zero-order chi connectivity index (χ0) is 10.6. The molecule has 0 saturated carbocycles. The van der Waals surface area contributed by atoms with Gasteiger partial charge in [0.25, 0.3) is 0 Å². The van der Waals surface area contributed by atoms with Gasteiger partial charge in [-0.1, -0.05) is 13.8 Å². The first-order valence-electron chi connectivity index (χ1n) is 6.13. The summed E-state index contributed by atoms with van der Waals surface area (Å²) in [6.45, 7) is 12.8. The van der Waals surface area contributed by atoms with Crippen LogP contribution in [-0.2, 0) is 0 Å². The van der Waals surface area contributed by atoms with Gasteiger partial charge in [-0.05, 0) is 45.7 Å². The number of hydrogen-bond acceptors (Lipinski definition) is 2. The summed E-state index contributed by atoms with van der Waals surface area (Å²) >= 11 is 0. The second kappa shape index (κ2) is 5.72. The normalized spacial score (nSPS) is 31.7. The lowest BCUT2D eigenvalue weighted by Crippen LogP contribution is -2.50. The van der Waals surface area contributed by atoms with E-state index < -0.39 is 0 Å². The van der Waals surface area contributed by atoms with E-state index in [1.165, 1.54) is 19.4 Å². The Kier molecular flexibility index (Phi) is 4.90. The molecule has 0 amide bonds. The molecule has 3 atom stereocenters. The number of nitrogens with zero attached hydrogens (tertiary/aromatic N) is 1. The number of likely N-dealkylation sites (N-methyl/N-ethyl adjacent to an activating group) is 1. The summed E-state index contributed by atoms with van der Waals surface area (Å²) in [5, 5.41) is 3.44. The monoisotopic (exact) mass is 198 g/mol. The molecular weight excluding hydrogens is 172 g/mol. The van der Waals surface area contributed by atoms with Crippen LogP contribution in [0.1, 0.15) is 40.5 Å². The van der Waals surface area contributed by atoms with Crippen molar-refractivity contribution in [3.05, 3.63) is 0 Å². The summed E-state index contributed by atoms with van der Waals surface area (Å²) in [6.07, 6.45) is 2.79. The van der Waals surface area contributed by atoms with Crippen LogP contribution in [0.15, 0.2) is 0 Å². The van der Waals surface area contributed by atoms with E-state index in [-0.39, 0.29) is 0 Å². The van der Waals surface area contributed by atoms with Gasteiger partial charge >= 0.3 is 0 Å². The second-order valence-corrected chi connectivity index (χ2v) is 4.75. The highest BCUT2D eigenvalue weighted by Gasteiger charge is 2.27. The maximum Gasteiger partial charge on any atom is 0.0195 e. The van der Waals surface area contributed by atoms with Crippen LogP contribution in [0.5, 0.6) is 0 Å². The second-order valence-electron chi connectivity index (χ2n) is 4.75. The van der Waals surface area contributed by atoms with Gasteiger partial charge in [-0.15, -0.1) is 0 Å². The van der Waals surface area contributed by atoms with Crippen LogP contribution in [0.4, 0.5) is 0 Å². The van der Waals surface area contributed by atoms with Crippen molar-refractivity contribution in [2.75, 3.05) is 19.6 Å². The molecule has 0 aromatic rings. The molecule has 1 N–H and O–H groups in total. The maximum absolute atomic E-state index is 3.44. The molecular formula is C12H26N2. The first-order valence-corrected chi connectivity index (χ1v) is 6.13. The molecule has 2 heteroatoms. The fraction of sp³-hybridized carbons (Fsp3) is 1.00. The first-order chi connectivity index (χ1) is 6.66. The predicted octanol–water partition coefficient (Wildman–Crippen LogP) is 2.10. The fourth-order valence-electron chi connectivity index (χ4n) is 2.46. The molecule has 0 radical (unpaired) electrons. The standard InChI is InChI=1S/C12H26N2/c1-5-13-9-11(3)14-8-6-7-10(2)12(14)4/h10-13H,5-9H2,1-4H3. The van der Waals surface area contributed by atoms with Gasteiger partial charge in [-0.25, -0.2) is 0 Å². The van der Waals surface area contributed by atoms with E-state index in [4.69, 9.17) is 0 Å². The fourth-order valence-corrected chi connectivity index (χ4v) is 2.46. The minimum absolute atomic E-state index is 0.688. The smallest absolute Gasteiger partial charge is 0.0195 e. The van der Waals surface area contributed by atoms with Gasteiger partial charge in [0.1, 0.15) is 0 Å². The third kappa shape index (κ3) is 2.96. The third-order valence-electron chi connectivity index (χ3n) is 3.68. The Balaban J connectivity index is 2.40. The highest BCUT2D eigenvalue weighted by Crippen LogP contribution is 2.24. The van der Waals surface area contributed by atoms with E-state index in [0.29, 0.717) is 6.04 Å². The third-order valence-corrected chi connectivity index (χ3v) is 3.68. The van der Waals surface area contributed by atoms with E-state index in [1.807, 2.05) is 0 Å². The molecule has 1 aliphatic rings. The summed E-state index contributed by atoms with van der Waals surface area (Å²) in [7, 11) is 0. The quantitative estimate of drug-likeness (QED) is 0.744. The van der Waals surface area contributed by atoms with Gasteiger partial charge in [-0.2, -0.15) is 0 Å². The number of piperidine rings is 1. The van der Waals surface area contributed by atoms with Crippen LogP contribution >= 0.6 is 0 Å². The van der Waals surface area contributed by atoms with Crippen molar-refractivity contribution >= 4 is 0 Å². The van der Waals surface area contributed by atoms with Crippen molar-refractivity contribution in [3.63, 3.8) is 0 Å². The molecule has 1 heterocycles. The van der Waals surface area contributed by atoms with Gasteiger partial charge in [0.15, 0.2) is 0 Å². The van der Waals surface area contributed by atoms with Crippen molar-refractivity contribution in [2.45, 2.75) is 52.6 Å². The summed E-state index contributed by atoms with van der Waals surface area (Å²) in [5.74, 6) is 0.868. The topological polar surface area (TPSA) is 15.3 Å². The molecule has 0 spiro atoms. The Bertz CT molecular complexity index is 158. The predicted molar refractivity (Wildman–Crippen MR) is 62.6 cm³/mol. The van der Waals surface area contributed by atoms with E-state index in [9.17, 15) is 0 Å². The van der Waals surface area contributed by atoms with Gasteiger partial charge in [-0.3, -0.25) is 4.90 Å². The number of rotatable bonds is 4. The number of hydrogen-bond donors (Lipinski definition) is 1. The molecule has 0 aromatic heterocycles. The average molecular weight is 198 g/mol. The summed E-state index contributed by atoms with van der Waals surface area (Å²) in [6, 6.07) is 1.45. The molecule has 84 valence electrons. The minimum atomic E-state index is 0.688. The lowest BCUT2D eigenvalue weighted by atomic mass is 9.91. The summed E-state index contributed by atoms with van der Waals surface area (Å²) in [5.41, 5.74) is 0. The Hall–Kier alpha value is -0.0800. The molecule has 1 rings (SSSR count). The van der Waals surface area contributed by atoms with Crippen molar-refractivity contribution in [1.29, 1.82) is 0 Å². The highest BCUT2D eigenvalue weighted by atomic mass is 15.2. The summed E-state index contributed by atoms with van der Waals surface area (Å²) < 4.78 is 0. The van der Waals surface area contributed by atoms with Gasteiger partial charge in [0.2, 0.25) is 0 Å². The number of likely N-dealkylation sites (tertiary alicyclic amines) is 1. The molecule has 1 fully saturated rings. The van der Waals surface area contributed by atoms with Gasteiger partial charge < -0.3 is 5.32 Å². The minimum Gasteiger partial charge on any atom is -0.315 e. The van der Waals surface area contributed by atoms with E-state index >= 15 is 0 Å². The Morgan fingerprint density at radius 2 is 2.14 bits per heavy atom. The van der Waals surface area contributed by atoms with E-state index in [1.54, 1.807) is 0 Å². The molecule has 0 bridgehead atoms. The van der Waals surface area contributed by atoms with Crippen molar-refractivity contribution in [1.82, 2.24) is 10.2 Å². The maximum atomic E-state index is 3.44. The van der Waals surface area contributed by atoms with Gasteiger partial charge in [0, 0.05) is 18.6 Å². The molecule has 1 saturated heterocycles. The zero-order valence-corrected chi connectivity index (χ0v) is 10.2. The van der Waals surface area contributed by atoms with Crippen LogP contribution in [-0.4, -0.2) is 36.6 Å². The van der Waals surface area contributed by atoms with Gasteiger partial charge in [0.05, 0.1) is 0 Å². The highest BCUT2D eigenvalue weighted by molar-refractivity contribution is 4.82. The molecule has 1 aliphatic heterocycles. The zero-order valence-electron chi connectivity index (χ0n) is 10.2. The Morgan fingerprint density at radius 3 is 2.79 bits per heavy atom. The Labute approximate surface area is 89.1 Å². The lowest BCUT2D eigenvalue weighted by Gasteiger charge is -2.41. The summed E-state index contributed by atoms with van der Waals surface area (Å²) in [4.78, 5) is 2.66. The van der Waals surface area contributed by atoms with Crippen molar-refractivity contribution < 1.29 is 0 Å². The Morgan fingerprint density at radius 1 is 1.43 bits per heavy atom. The van der Waals surface area contributed by atoms with Crippen LogP contribution in [0.2, 0.25) is 0 Å². The molecule has 2 nitrogen and oxygen atoms in total. The van der Waals surface area contributed by atoms with E-state index in [0.717, 1.165) is 25.0 Å². The van der Waals surface area contributed by atoms with E-state index in [2.05, 4.69) is 37.9 Å². The first kappa shape index (κ1) is 12.0. The van der Waals surface area contributed by atoms with Crippen LogP contribution in [0.3, 0.4) is 0 Å². The average Bonchev–Trinajstić information content (AvgIpc) is 2.18. The lowest BCUT2D eigenvalue weighted by molar-refractivity contribution is 0.0754. The largest absolute Gasteiger partial charge is 0.315 e. The number of nitrogens with one attached hydrogen (secondary N) is 1. The molecule has 0 aromatic carbocycles. The van der Waals surface area contributed by atoms with Crippen LogP contribution < -0.4 is 5.32 Å².